The van der Waals surface area contributed by atoms with Crippen LogP contribution >= 0.6 is 12.4 Å². The van der Waals surface area contributed by atoms with E-state index in [1.165, 1.54) is 0 Å². The molecule has 0 bridgehead atoms. The Morgan fingerprint density at radius 3 is 2.56 bits per heavy atom. The third kappa shape index (κ3) is 4.93. The van der Waals surface area contributed by atoms with Gasteiger partial charge < -0.3 is 19.5 Å². The molecule has 2 aromatic carbocycles. The smallest absolute Gasteiger partial charge is 0.270 e. The highest BCUT2D eigenvalue weighted by molar-refractivity contribution is 7.89. The van der Waals surface area contributed by atoms with Gasteiger partial charge in [0.15, 0.2) is 0 Å². The van der Waals surface area contributed by atoms with Gasteiger partial charge in [0.1, 0.15) is 22.1 Å². The van der Waals surface area contributed by atoms with Crippen LogP contribution < -0.4 is 15.2 Å². The SMILES string of the molecule is Cl.Cn1c(C(=O)N2CCNCC2)cc2cc(Oc3cccc(-c4cccnc4)c3S(N)(=O)=O)ccc21. The van der Waals surface area contributed by atoms with Crippen molar-refractivity contribution in [1.29, 1.82) is 0 Å². The fourth-order valence-corrected chi connectivity index (χ4v) is 5.27. The predicted octanol–water partition coefficient (Wildman–Crippen LogP) is 3.15. The topological polar surface area (TPSA) is 120 Å². The number of aryl methyl sites for hydroxylation is 1. The molecule has 11 heteroatoms. The summed E-state index contributed by atoms with van der Waals surface area (Å²) in [6, 6.07) is 15.6. The minimum Gasteiger partial charge on any atom is -0.456 e. The maximum Gasteiger partial charge on any atom is 0.270 e. The number of hydrogen-bond acceptors (Lipinski definition) is 6. The maximum absolute atomic E-state index is 13.1. The number of benzene rings is 2. The van der Waals surface area contributed by atoms with Crippen LogP contribution in [0.2, 0.25) is 0 Å². The highest BCUT2D eigenvalue weighted by atomic mass is 35.5. The van der Waals surface area contributed by atoms with Crippen molar-refractivity contribution in [1.82, 2.24) is 19.8 Å². The largest absolute Gasteiger partial charge is 0.456 e. The number of carbonyl (C=O) groups excluding carboxylic acids is 1. The number of nitrogens with one attached hydrogen (secondary N) is 1. The summed E-state index contributed by atoms with van der Waals surface area (Å²) in [5.41, 5.74) is 2.47. The molecule has 0 spiro atoms. The first-order valence-electron chi connectivity index (χ1n) is 11.2. The maximum atomic E-state index is 13.1. The molecule has 1 saturated heterocycles. The summed E-state index contributed by atoms with van der Waals surface area (Å²) in [5.74, 6) is 0.520. The Balaban J connectivity index is 0.00000304. The zero-order chi connectivity index (χ0) is 24.6. The van der Waals surface area contributed by atoms with Crippen LogP contribution in [0.3, 0.4) is 0 Å². The van der Waals surface area contributed by atoms with E-state index in [1.807, 2.05) is 28.6 Å². The molecule has 5 rings (SSSR count). The third-order valence-electron chi connectivity index (χ3n) is 6.10. The first kappa shape index (κ1) is 25.6. The van der Waals surface area contributed by atoms with Gasteiger partial charge in [-0.1, -0.05) is 18.2 Å². The molecule has 0 atom stereocenters. The zero-order valence-electron chi connectivity index (χ0n) is 19.5. The number of nitrogens with zero attached hydrogens (tertiary/aromatic N) is 3. The Labute approximate surface area is 215 Å². The molecule has 3 N–H and O–H groups in total. The van der Waals surface area contributed by atoms with E-state index in [2.05, 4.69) is 10.3 Å². The van der Waals surface area contributed by atoms with E-state index in [0.29, 0.717) is 35.7 Å². The number of sulfonamides is 1. The molecule has 9 nitrogen and oxygen atoms in total. The summed E-state index contributed by atoms with van der Waals surface area (Å²) in [4.78, 5) is 18.9. The van der Waals surface area contributed by atoms with Crippen LogP contribution in [-0.4, -0.2) is 55.0 Å². The van der Waals surface area contributed by atoms with Crippen molar-refractivity contribution in [3.8, 4) is 22.6 Å². The van der Waals surface area contributed by atoms with Crippen LogP contribution in [-0.2, 0) is 17.1 Å². The van der Waals surface area contributed by atoms with E-state index >= 15 is 0 Å². The van der Waals surface area contributed by atoms with Crippen LogP contribution in [0, 0.1) is 0 Å². The number of halogens is 1. The van der Waals surface area contributed by atoms with Gasteiger partial charge in [0.2, 0.25) is 10.0 Å². The van der Waals surface area contributed by atoms with Gasteiger partial charge in [0, 0.05) is 67.7 Å². The number of rotatable bonds is 5. The number of primary sulfonamides is 1. The van der Waals surface area contributed by atoms with E-state index in [-0.39, 0.29) is 29.0 Å². The van der Waals surface area contributed by atoms with Crippen molar-refractivity contribution >= 4 is 39.2 Å². The first-order chi connectivity index (χ1) is 16.8. The Morgan fingerprint density at radius 2 is 1.86 bits per heavy atom. The minimum absolute atomic E-state index is 0. The van der Waals surface area contributed by atoms with Crippen molar-refractivity contribution in [3.63, 3.8) is 0 Å². The summed E-state index contributed by atoms with van der Waals surface area (Å²) < 4.78 is 33.0. The highest BCUT2D eigenvalue weighted by Gasteiger charge is 2.24. The molecule has 0 radical (unpaired) electrons. The second-order valence-corrected chi connectivity index (χ2v) is 9.87. The third-order valence-corrected chi connectivity index (χ3v) is 7.09. The summed E-state index contributed by atoms with van der Waals surface area (Å²) >= 11 is 0. The molecule has 1 aliphatic heterocycles. The van der Waals surface area contributed by atoms with Crippen molar-refractivity contribution in [3.05, 3.63) is 72.7 Å². The molecular formula is C25H26ClN5O4S. The lowest BCUT2D eigenvalue weighted by Gasteiger charge is -2.27. The summed E-state index contributed by atoms with van der Waals surface area (Å²) in [6.07, 6.45) is 3.18. The number of carbonyl (C=O) groups is 1. The number of nitrogens with two attached hydrogens (primary N) is 1. The summed E-state index contributed by atoms with van der Waals surface area (Å²) in [7, 11) is -2.26. The van der Waals surface area contributed by atoms with E-state index in [9.17, 15) is 13.2 Å². The Kier molecular flexibility index (Phi) is 7.32. The number of amides is 1. The fourth-order valence-electron chi connectivity index (χ4n) is 4.39. The number of aromatic nitrogens is 2. The van der Waals surface area contributed by atoms with E-state index < -0.39 is 10.0 Å². The van der Waals surface area contributed by atoms with Crippen LogP contribution in [0.1, 0.15) is 10.5 Å². The van der Waals surface area contributed by atoms with E-state index in [4.69, 9.17) is 9.88 Å². The average Bonchev–Trinajstić information content (AvgIpc) is 3.19. The molecular weight excluding hydrogens is 502 g/mol. The van der Waals surface area contributed by atoms with Crippen LogP contribution in [0.25, 0.3) is 22.0 Å². The van der Waals surface area contributed by atoms with Crippen molar-refractivity contribution in [2.24, 2.45) is 12.2 Å². The molecule has 0 saturated carbocycles. The average molecular weight is 528 g/mol. The predicted molar refractivity (Wildman–Crippen MR) is 140 cm³/mol. The normalized spacial score (nSPS) is 13.9. The molecule has 0 aliphatic carbocycles. The quantitative estimate of drug-likeness (QED) is 0.411. The molecule has 2 aromatic heterocycles. The van der Waals surface area contributed by atoms with Gasteiger partial charge in [-0.2, -0.15) is 0 Å². The second-order valence-electron chi connectivity index (χ2n) is 8.37. The van der Waals surface area contributed by atoms with Crippen molar-refractivity contribution in [2.45, 2.75) is 4.90 Å². The zero-order valence-corrected chi connectivity index (χ0v) is 21.2. The van der Waals surface area contributed by atoms with Crippen LogP contribution in [0.5, 0.6) is 11.5 Å². The Hall–Kier alpha value is -3.44. The minimum atomic E-state index is -4.11. The fraction of sp³-hybridized carbons (Fsp3) is 0.200. The van der Waals surface area contributed by atoms with Crippen molar-refractivity contribution in [2.75, 3.05) is 26.2 Å². The molecule has 3 heterocycles. The number of hydrogen-bond donors (Lipinski definition) is 2. The van der Waals surface area contributed by atoms with Gasteiger partial charge in [-0.25, -0.2) is 13.6 Å². The lowest BCUT2D eigenvalue weighted by atomic mass is 10.1. The van der Waals surface area contributed by atoms with Crippen LogP contribution in [0.4, 0.5) is 0 Å². The Morgan fingerprint density at radius 1 is 1.08 bits per heavy atom. The van der Waals surface area contributed by atoms with Crippen molar-refractivity contribution < 1.29 is 17.9 Å². The monoisotopic (exact) mass is 527 g/mol. The standard InChI is InChI=1S/C25H25N5O4S.ClH/c1-29-21-8-7-19(14-18(21)15-22(29)25(31)30-12-10-27-11-13-30)34-23-6-2-5-20(24(23)35(26,32)33)17-4-3-9-28-16-17;/h2-9,14-16,27H,10-13H2,1H3,(H2,26,32,33);1H. The molecule has 1 aliphatic rings. The molecule has 1 amide bonds. The van der Waals surface area contributed by atoms with Gasteiger partial charge in [-0.05, 0) is 36.4 Å². The van der Waals surface area contributed by atoms with Gasteiger partial charge in [0.25, 0.3) is 5.91 Å². The number of ether oxygens (including phenoxy) is 1. The Bertz CT molecular complexity index is 1520. The highest BCUT2D eigenvalue weighted by Crippen LogP contribution is 2.37. The lowest BCUT2D eigenvalue weighted by Crippen LogP contribution is -2.46. The van der Waals surface area contributed by atoms with Gasteiger partial charge in [-0.15, -0.1) is 12.4 Å². The van der Waals surface area contributed by atoms with E-state index in [1.54, 1.807) is 54.9 Å². The van der Waals surface area contributed by atoms with Gasteiger partial charge in [0.05, 0.1) is 0 Å². The van der Waals surface area contributed by atoms with E-state index in [0.717, 1.165) is 24.0 Å². The van der Waals surface area contributed by atoms with Gasteiger partial charge >= 0.3 is 0 Å². The molecule has 188 valence electrons. The van der Waals surface area contributed by atoms with Gasteiger partial charge in [-0.3, -0.25) is 9.78 Å². The second kappa shape index (κ2) is 10.3. The molecule has 36 heavy (non-hydrogen) atoms. The number of fused-ring (bicyclic) bond motifs is 1. The summed E-state index contributed by atoms with van der Waals surface area (Å²) in [6.45, 7) is 2.88. The number of piperazine rings is 1. The molecule has 1 fully saturated rings. The molecule has 4 aromatic rings. The number of pyridine rings is 1. The first-order valence-corrected chi connectivity index (χ1v) is 12.7. The van der Waals surface area contributed by atoms with Crippen LogP contribution in [0.15, 0.2) is 71.9 Å². The summed E-state index contributed by atoms with van der Waals surface area (Å²) in [5, 5.41) is 9.65. The lowest BCUT2D eigenvalue weighted by molar-refractivity contribution is 0.0726. The molecule has 0 unspecified atom stereocenters.